The SMILES string of the molecule is CC#C[C@@H](CC1=NN=NC1)c1ccc(OCc2ccc3scc(-c4ccccc4Cl)c3c2)cc1. The lowest BCUT2D eigenvalue weighted by molar-refractivity contribution is 0.306. The summed E-state index contributed by atoms with van der Waals surface area (Å²) in [6.07, 6.45) is 0.739. The molecule has 0 radical (unpaired) electrons. The molecule has 4 nitrogen and oxygen atoms in total. The number of hydrogen-bond donors (Lipinski definition) is 0. The van der Waals surface area contributed by atoms with Crippen LogP contribution < -0.4 is 4.74 Å². The molecule has 34 heavy (non-hydrogen) atoms. The first-order valence-corrected chi connectivity index (χ1v) is 12.3. The second-order valence-electron chi connectivity index (χ2n) is 8.02. The van der Waals surface area contributed by atoms with E-state index in [4.69, 9.17) is 16.3 Å². The highest BCUT2D eigenvalue weighted by molar-refractivity contribution is 7.17. The molecule has 0 spiro atoms. The van der Waals surface area contributed by atoms with Gasteiger partial charge in [-0.2, -0.15) is 5.11 Å². The molecule has 5 rings (SSSR count). The number of thiophene rings is 1. The molecule has 1 aliphatic rings. The van der Waals surface area contributed by atoms with Crippen LogP contribution in [0, 0.1) is 11.8 Å². The van der Waals surface area contributed by atoms with Crippen LogP contribution >= 0.6 is 22.9 Å². The third-order valence-electron chi connectivity index (χ3n) is 5.75. The van der Waals surface area contributed by atoms with E-state index in [1.54, 1.807) is 11.3 Å². The molecular formula is C28H22ClN3OS. The van der Waals surface area contributed by atoms with Crippen LogP contribution in [0.1, 0.15) is 30.4 Å². The fourth-order valence-electron chi connectivity index (χ4n) is 4.02. The lowest BCUT2D eigenvalue weighted by atomic mass is 9.94. The maximum absolute atomic E-state index is 6.45. The van der Waals surface area contributed by atoms with E-state index in [1.807, 2.05) is 37.3 Å². The van der Waals surface area contributed by atoms with Gasteiger partial charge in [0.15, 0.2) is 0 Å². The van der Waals surface area contributed by atoms with Crippen molar-refractivity contribution < 1.29 is 4.74 Å². The maximum atomic E-state index is 6.45. The van der Waals surface area contributed by atoms with Crippen LogP contribution in [0.25, 0.3) is 21.2 Å². The van der Waals surface area contributed by atoms with Gasteiger partial charge in [0.25, 0.3) is 0 Å². The molecule has 4 aromatic rings. The number of nitrogens with zero attached hydrogens (tertiary/aromatic N) is 3. The Morgan fingerprint density at radius 3 is 2.68 bits per heavy atom. The smallest absolute Gasteiger partial charge is 0.119 e. The van der Waals surface area contributed by atoms with E-state index in [0.29, 0.717) is 13.2 Å². The van der Waals surface area contributed by atoms with Gasteiger partial charge in [0.2, 0.25) is 0 Å². The lowest BCUT2D eigenvalue weighted by Crippen LogP contribution is -2.07. The number of hydrogen-bond acceptors (Lipinski definition) is 5. The Morgan fingerprint density at radius 1 is 1.06 bits per heavy atom. The van der Waals surface area contributed by atoms with Crippen LogP contribution in [-0.4, -0.2) is 12.3 Å². The van der Waals surface area contributed by atoms with Gasteiger partial charge in [-0.1, -0.05) is 53.9 Å². The molecule has 0 fully saturated rings. The highest BCUT2D eigenvalue weighted by Crippen LogP contribution is 2.38. The Bertz CT molecular complexity index is 1440. The molecule has 0 unspecified atom stereocenters. The van der Waals surface area contributed by atoms with Gasteiger partial charge in [0, 0.05) is 32.7 Å². The minimum absolute atomic E-state index is 0.0746. The summed E-state index contributed by atoms with van der Waals surface area (Å²) in [7, 11) is 0. The monoisotopic (exact) mass is 483 g/mol. The Labute approximate surface area is 208 Å². The predicted octanol–water partition coefficient (Wildman–Crippen LogP) is 8.12. The van der Waals surface area contributed by atoms with Crippen LogP contribution in [0.15, 0.2) is 87.5 Å². The van der Waals surface area contributed by atoms with Gasteiger partial charge < -0.3 is 4.74 Å². The molecule has 3 aromatic carbocycles. The molecule has 0 amide bonds. The number of benzene rings is 3. The fourth-order valence-corrected chi connectivity index (χ4v) is 5.20. The zero-order chi connectivity index (χ0) is 23.3. The summed E-state index contributed by atoms with van der Waals surface area (Å²) in [5.74, 6) is 7.21. The minimum Gasteiger partial charge on any atom is -0.489 e. The van der Waals surface area contributed by atoms with Crippen molar-refractivity contribution in [3.05, 3.63) is 88.3 Å². The first-order chi connectivity index (χ1) is 16.7. The summed E-state index contributed by atoms with van der Waals surface area (Å²) < 4.78 is 7.34. The van der Waals surface area contributed by atoms with Gasteiger partial charge in [-0.05, 0) is 59.0 Å². The highest BCUT2D eigenvalue weighted by atomic mass is 35.5. The standard InChI is InChI=1S/C28H22ClN3OS/c1-2-5-21(15-22-16-30-32-31-22)20-9-11-23(12-10-20)33-17-19-8-13-28-25(14-19)26(18-34-28)24-6-3-4-7-27(24)29/h3-4,6-14,18,21H,15-17H2,1H3/t21-/m0/s1. The molecule has 1 aliphatic heterocycles. The summed E-state index contributed by atoms with van der Waals surface area (Å²) in [5, 5.41) is 15.9. The first-order valence-electron chi connectivity index (χ1n) is 11.0. The van der Waals surface area contributed by atoms with Gasteiger partial charge >= 0.3 is 0 Å². The van der Waals surface area contributed by atoms with Gasteiger partial charge in [0.1, 0.15) is 18.9 Å². The van der Waals surface area contributed by atoms with E-state index < -0.39 is 0 Å². The molecule has 6 heteroatoms. The van der Waals surface area contributed by atoms with Crippen molar-refractivity contribution in [3.8, 4) is 28.7 Å². The maximum Gasteiger partial charge on any atom is 0.119 e. The quantitative estimate of drug-likeness (QED) is 0.245. The fraction of sp³-hybridized carbons (Fsp3) is 0.179. The van der Waals surface area contributed by atoms with Crippen molar-refractivity contribution in [2.75, 3.05) is 6.54 Å². The second kappa shape index (κ2) is 10.2. The van der Waals surface area contributed by atoms with E-state index >= 15 is 0 Å². The summed E-state index contributed by atoms with van der Waals surface area (Å²) in [6.45, 7) is 2.91. The zero-order valence-electron chi connectivity index (χ0n) is 18.7. The van der Waals surface area contributed by atoms with Crippen LogP contribution in [0.5, 0.6) is 5.75 Å². The summed E-state index contributed by atoms with van der Waals surface area (Å²) in [5.41, 5.74) is 5.44. The Balaban J connectivity index is 1.30. The summed E-state index contributed by atoms with van der Waals surface area (Å²) in [6, 6.07) is 22.6. The number of ether oxygens (including phenoxy) is 1. The Kier molecular flexibility index (Phi) is 6.71. The van der Waals surface area contributed by atoms with E-state index in [2.05, 4.69) is 69.1 Å². The molecule has 0 aliphatic carbocycles. The zero-order valence-corrected chi connectivity index (χ0v) is 20.2. The second-order valence-corrected chi connectivity index (χ2v) is 9.34. The molecule has 2 heterocycles. The van der Waals surface area contributed by atoms with Crippen molar-refractivity contribution in [2.24, 2.45) is 15.4 Å². The molecule has 0 saturated carbocycles. The molecule has 0 bridgehead atoms. The first kappa shape index (κ1) is 22.3. The van der Waals surface area contributed by atoms with Crippen LogP contribution in [0.3, 0.4) is 0 Å². The molecule has 168 valence electrons. The largest absolute Gasteiger partial charge is 0.489 e. The molecular weight excluding hydrogens is 462 g/mol. The number of fused-ring (bicyclic) bond motifs is 1. The van der Waals surface area contributed by atoms with Crippen molar-refractivity contribution in [1.29, 1.82) is 0 Å². The lowest BCUT2D eigenvalue weighted by Gasteiger charge is -2.12. The third-order valence-corrected chi connectivity index (χ3v) is 7.04. The number of rotatable bonds is 7. The van der Waals surface area contributed by atoms with Crippen molar-refractivity contribution in [3.63, 3.8) is 0 Å². The van der Waals surface area contributed by atoms with Crippen LogP contribution in [0.2, 0.25) is 5.02 Å². The minimum atomic E-state index is 0.0746. The molecule has 0 N–H and O–H groups in total. The van der Waals surface area contributed by atoms with E-state index in [9.17, 15) is 0 Å². The van der Waals surface area contributed by atoms with Gasteiger partial charge in [-0.15, -0.1) is 22.4 Å². The van der Waals surface area contributed by atoms with E-state index in [-0.39, 0.29) is 5.92 Å². The van der Waals surface area contributed by atoms with Gasteiger partial charge in [-0.25, -0.2) is 0 Å². The molecule has 0 saturated heterocycles. The predicted molar refractivity (Wildman–Crippen MR) is 141 cm³/mol. The van der Waals surface area contributed by atoms with Crippen molar-refractivity contribution in [1.82, 2.24) is 0 Å². The average molecular weight is 484 g/mol. The van der Waals surface area contributed by atoms with Crippen molar-refractivity contribution in [2.45, 2.75) is 25.9 Å². The van der Waals surface area contributed by atoms with E-state index in [1.165, 1.54) is 10.1 Å². The third kappa shape index (κ3) is 4.89. The summed E-state index contributed by atoms with van der Waals surface area (Å²) in [4.78, 5) is 0. The van der Waals surface area contributed by atoms with E-state index in [0.717, 1.165) is 45.2 Å². The average Bonchev–Trinajstić information content (AvgIpc) is 3.53. The Morgan fingerprint density at radius 2 is 1.91 bits per heavy atom. The van der Waals surface area contributed by atoms with Gasteiger partial charge in [-0.3, -0.25) is 0 Å². The van der Waals surface area contributed by atoms with Crippen LogP contribution in [-0.2, 0) is 6.61 Å². The van der Waals surface area contributed by atoms with Crippen molar-refractivity contribution >= 4 is 38.7 Å². The number of halogens is 1. The van der Waals surface area contributed by atoms with Crippen LogP contribution in [0.4, 0.5) is 0 Å². The highest BCUT2D eigenvalue weighted by Gasteiger charge is 2.15. The molecule has 1 atom stereocenters. The molecule has 1 aromatic heterocycles. The topological polar surface area (TPSA) is 46.3 Å². The normalized spacial score (nSPS) is 13.4. The van der Waals surface area contributed by atoms with Gasteiger partial charge in [0.05, 0.1) is 11.6 Å². The summed E-state index contributed by atoms with van der Waals surface area (Å²) >= 11 is 8.18. The Hall–Kier alpha value is -3.46.